The van der Waals surface area contributed by atoms with Gasteiger partial charge < -0.3 is 19.5 Å². The molecule has 2 aliphatic rings. The third kappa shape index (κ3) is 4.79. The van der Waals surface area contributed by atoms with Crippen LogP contribution in [-0.4, -0.2) is 71.9 Å². The van der Waals surface area contributed by atoms with Crippen LogP contribution < -0.4 is 9.47 Å². The molecule has 1 aromatic carbocycles. The van der Waals surface area contributed by atoms with E-state index < -0.39 is 11.1 Å². The van der Waals surface area contributed by atoms with Gasteiger partial charge in [0.1, 0.15) is 18.0 Å². The summed E-state index contributed by atoms with van der Waals surface area (Å²) in [5, 5.41) is 8.78. The van der Waals surface area contributed by atoms with Crippen molar-refractivity contribution in [2.45, 2.75) is 31.7 Å². The SMILES string of the molecule is COc1ccc(C=C2SC(=O)N(CC(=O)N3CCCCC3CCO)C2=O)c(OC)c1. The van der Waals surface area contributed by atoms with E-state index in [1.54, 1.807) is 36.3 Å². The van der Waals surface area contributed by atoms with E-state index in [9.17, 15) is 19.5 Å². The summed E-state index contributed by atoms with van der Waals surface area (Å²) in [6, 6.07) is 5.12. The fourth-order valence-corrected chi connectivity index (χ4v) is 4.55. The molecule has 3 rings (SSSR count). The number of aliphatic hydroxyl groups is 1. The van der Waals surface area contributed by atoms with Gasteiger partial charge in [0.25, 0.3) is 11.1 Å². The predicted molar refractivity (Wildman–Crippen MR) is 113 cm³/mol. The molecular weight excluding hydrogens is 408 g/mol. The number of benzene rings is 1. The van der Waals surface area contributed by atoms with Gasteiger partial charge in [0, 0.05) is 30.8 Å². The highest BCUT2D eigenvalue weighted by Gasteiger charge is 2.38. The summed E-state index contributed by atoms with van der Waals surface area (Å²) in [6.45, 7) is 0.296. The van der Waals surface area contributed by atoms with Gasteiger partial charge in [-0.25, -0.2) is 0 Å². The highest BCUT2D eigenvalue weighted by atomic mass is 32.2. The molecule has 1 aromatic rings. The summed E-state index contributed by atoms with van der Waals surface area (Å²) in [5.41, 5.74) is 0.633. The van der Waals surface area contributed by atoms with Gasteiger partial charge in [0.15, 0.2) is 0 Å². The Morgan fingerprint density at radius 1 is 1.27 bits per heavy atom. The molecule has 2 saturated heterocycles. The quantitative estimate of drug-likeness (QED) is 0.659. The topological polar surface area (TPSA) is 96.4 Å². The number of carbonyl (C=O) groups excluding carboxylic acids is 3. The molecular formula is C21H26N2O6S. The van der Waals surface area contributed by atoms with E-state index in [1.165, 1.54) is 7.11 Å². The summed E-state index contributed by atoms with van der Waals surface area (Å²) in [4.78, 5) is 41.0. The molecule has 30 heavy (non-hydrogen) atoms. The van der Waals surface area contributed by atoms with Crippen molar-refractivity contribution in [3.63, 3.8) is 0 Å². The van der Waals surface area contributed by atoms with Crippen LogP contribution in [0.5, 0.6) is 11.5 Å². The molecule has 0 aromatic heterocycles. The van der Waals surface area contributed by atoms with E-state index in [0.717, 1.165) is 35.9 Å². The zero-order chi connectivity index (χ0) is 21.7. The first-order valence-electron chi connectivity index (χ1n) is 9.86. The molecule has 0 aliphatic carbocycles. The van der Waals surface area contributed by atoms with Crippen LogP contribution in [0.4, 0.5) is 4.79 Å². The van der Waals surface area contributed by atoms with Crippen molar-refractivity contribution in [2.24, 2.45) is 0 Å². The minimum absolute atomic E-state index is 0.00243. The number of carbonyl (C=O) groups is 3. The highest BCUT2D eigenvalue weighted by molar-refractivity contribution is 8.18. The number of aliphatic hydroxyl groups excluding tert-OH is 1. The van der Waals surface area contributed by atoms with E-state index in [4.69, 9.17) is 9.47 Å². The van der Waals surface area contributed by atoms with Gasteiger partial charge in [-0.2, -0.15) is 0 Å². The average molecular weight is 435 g/mol. The Labute approximate surface area is 179 Å². The Balaban J connectivity index is 1.75. The first-order valence-corrected chi connectivity index (χ1v) is 10.7. The van der Waals surface area contributed by atoms with E-state index in [2.05, 4.69) is 0 Å². The van der Waals surface area contributed by atoms with E-state index in [0.29, 0.717) is 30.0 Å². The molecule has 1 N–H and O–H groups in total. The van der Waals surface area contributed by atoms with Gasteiger partial charge in [-0.05, 0) is 55.7 Å². The van der Waals surface area contributed by atoms with E-state index in [1.807, 2.05) is 0 Å². The molecule has 162 valence electrons. The molecule has 0 bridgehead atoms. The molecule has 1 unspecified atom stereocenters. The number of likely N-dealkylation sites (tertiary alicyclic amines) is 1. The van der Waals surface area contributed by atoms with Gasteiger partial charge in [-0.1, -0.05) is 0 Å². The molecule has 8 nitrogen and oxygen atoms in total. The number of ether oxygens (including phenoxy) is 2. The van der Waals surface area contributed by atoms with Gasteiger partial charge in [-0.3, -0.25) is 19.3 Å². The lowest BCUT2D eigenvalue weighted by atomic mass is 9.99. The van der Waals surface area contributed by atoms with Crippen molar-refractivity contribution in [2.75, 3.05) is 33.9 Å². The number of amides is 3. The van der Waals surface area contributed by atoms with Crippen molar-refractivity contribution in [1.29, 1.82) is 0 Å². The Morgan fingerprint density at radius 3 is 2.77 bits per heavy atom. The van der Waals surface area contributed by atoms with Crippen LogP contribution in [0.25, 0.3) is 6.08 Å². The molecule has 1 atom stereocenters. The molecule has 2 fully saturated rings. The number of nitrogens with zero attached hydrogens (tertiary/aromatic N) is 2. The summed E-state index contributed by atoms with van der Waals surface area (Å²) < 4.78 is 10.5. The third-order valence-electron chi connectivity index (χ3n) is 5.30. The lowest BCUT2D eigenvalue weighted by Crippen LogP contribution is -2.49. The summed E-state index contributed by atoms with van der Waals surface area (Å²) in [7, 11) is 3.06. The smallest absolute Gasteiger partial charge is 0.294 e. The minimum atomic E-state index is -0.494. The molecule has 0 radical (unpaired) electrons. The molecule has 0 spiro atoms. The summed E-state index contributed by atoms with van der Waals surface area (Å²) >= 11 is 0.806. The standard InChI is InChI=1S/C21H26N2O6S/c1-28-16-7-6-14(17(12-16)29-2)11-18-20(26)23(21(27)30-18)13-19(25)22-9-4-3-5-15(22)8-10-24/h6-7,11-12,15,24H,3-5,8-10,13H2,1-2H3. The maximum atomic E-state index is 12.8. The second-order valence-corrected chi connectivity index (χ2v) is 8.12. The van der Waals surface area contributed by atoms with Crippen molar-refractivity contribution < 1.29 is 29.0 Å². The number of hydrogen-bond donors (Lipinski definition) is 1. The Bertz CT molecular complexity index is 854. The normalized spacial score (nSPS) is 20.8. The maximum Gasteiger partial charge on any atom is 0.294 e. The Kier molecular flexibility index (Phi) is 7.38. The zero-order valence-electron chi connectivity index (χ0n) is 17.1. The van der Waals surface area contributed by atoms with Gasteiger partial charge >= 0.3 is 0 Å². The van der Waals surface area contributed by atoms with Gasteiger partial charge in [0.05, 0.1) is 19.1 Å². The number of imide groups is 1. The monoisotopic (exact) mass is 434 g/mol. The fraction of sp³-hybridized carbons (Fsp3) is 0.476. The number of methoxy groups -OCH3 is 2. The summed E-state index contributed by atoms with van der Waals surface area (Å²) in [6.07, 6.45) is 4.80. The first kappa shape index (κ1) is 22.2. The molecule has 0 saturated carbocycles. The largest absolute Gasteiger partial charge is 0.497 e. The second kappa shape index (κ2) is 9.99. The van der Waals surface area contributed by atoms with Crippen LogP contribution in [-0.2, 0) is 9.59 Å². The summed E-state index contributed by atoms with van der Waals surface area (Å²) in [5.74, 6) is 0.365. The van der Waals surface area contributed by atoms with Crippen LogP contribution in [0.1, 0.15) is 31.2 Å². The predicted octanol–water partition coefficient (Wildman–Crippen LogP) is 2.50. The van der Waals surface area contributed by atoms with E-state index >= 15 is 0 Å². The first-order chi connectivity index (χ1) is 14.5. The fourth-order valence-electron chi connectivity index (χ4n) is 3.72. The number of thioether (sulfide) groups is 1. The van der Waals surface area contributed by atoms with Gasteiger partial charge in [-0.15, -0.1) is 0 Å². The lowest BCUT2D eigenvalue weighted by molar-refractivity contribution is -0.139. The van der Waals surface area contributed by atoms with Crippen LogP contribution >= 0.6 is 11.8 Å². The van der Waals surface area contributed by atoms with Crippen molar-refractivity contribution in [1.82, 2.24) is 9.80 Å². The highest BCUT2D eigenvalue weighted by Crippen LogP contribution is 2.35. The van der Waals surface area contributed by atoms with Crippen molar-refractivity contribution >= 4 is 34.9 Å². The van der Waals surface area contributed by atoms with Crippen LogP contribution in [0, 0.1) is 0 Å². The molecule has 2 aliphatic heterocycles. The third-order valence-corrected chi connectivity index (χ3v) is 6.21. The molecule has 3 amide bonds. The molecule has 2 heterocycles. The number of piperidine rings is 1. The van der Waals surface area contributed by atoms with Crippen molar-refractivity contribution in [3.05, 3.63) is 28.7 Å². The zero-order valence-corrected chi connectivity index (χ0v) is 17.9. The van der Waals surface area contributed by atoms with Crippen molar-refractivity contribution in [3.8, 4) is 11.5 Å². The van der Waals surface area contributed by atoms with E-state index in [-0.39, 0.29) is 30.0 Å². The average Bonchev–Trinajstić information content (AvgIpc) is 3.02. The number of rotatable bonds is 7. The Morgan fingerprint density at radius 2 is 2.07 bits per heavy atom. The van der Waals surface area contributed by atoms with Gasteiger partial charge in [0.2, 0.25) is 5.91 Å². The van der Waals surface area contributed by atoms with Crippen LogP contribution in [0.2, 0.25) is 0 Å². The molecule has 9 heteroatoms. The van der Waals surface area contributed by atoms with Crippen LogP contribution in [0.3, 0.4) is 0 Å². The van der Waals surface area contributed by atoms with Crippen LogP contribution in [0.15, 0.2) is 23.1 Å². The number of hydrogen-bond acceptors (Lipinski definition) is 7. The Hall–Kier alpha value is -2.52. The second-order valence-electron chi connectivity index (χ2n) is 7.12. The maximum absolute atomic E-state index is 12.8. The minimum Gasteiger partial charge on any atom is -0.497 e. The lowest BCUT2D eigenvalue weighted by Gasteiger charge is -2.36.